The van der Waals surface area contributed by atoms with Crippen LogP contribution in [0.4, 0.5) is 13.2 Å². The van der Waals surface area contributed by atoms with E-state index in [9.17, 15) is 18.0 Å². The molecule has 0 unspecified atom stereocenters. The maximum atomic E-state index is 12.2. The molecule has 1 aromatic rings. The van der Waals surface area contributed by atoms with Crippen LogP contribution >= 0.6 is 0 Å². The molecule has 0 aliphatic carbocycles. The van der Waals surface area contributed by atoms with Gasteiger partial charge in [-0.05, 0) is 18.6 Å². The van der Waals surface area contributed by atoms with Crippen molar-refractivity contribution in [2.75, 3.05) is 14.2 Å². The monoisotopic (exact) mass is 265 g/mol. The van der Waals surface area contributed by atoms with Gasteiger partial charge in [0, 0.05) is 0 Å². The fraction of sp³-hybridized carbons (Fsp3) is 0.400. The molecule has 0 fully saturated rings. The molecular weight excluding hydrogens is 255 g/mol. The van der Waals surface area contributed by atoms with Crippen LogP contribution in [0.5, 0.6) is 11.6 Å². The highest BCUT2D eigenvalue weighted by Crippen LogP contribution is 2.34. The number of methoxy groups -OCH3 is 2. The van der Waals surface area contributed by atoms with Crippen molar-refractivity contribution in [1.82, 2.24) is 4.98 Å². The van der Waals surface area contributed by atoms with E-state index in [2.05, 4.69) is 19.2 Å². The second-order valence-corrected chi connectivity index (χ2v) is 3.20. The van der Waals surface area contributed by atoms with Gasteiger partial charge in [0.2, 0.25) is 0 Å². The van der Waals surface area contributed by atoms with Gasteiger partial charge >= 0.3 is 12.3 Å². The smallest absolute Gasteiger partial charge is 0.478 e. The highest BCUT2D eigenvalue weighted by atomic mass is 19.4. The summed E-state index contributed by atoms with van der Waals surface area (Å²) in [6, 6.07) is 1.12. The first-order chi connectivity index (χ1) is 8.28. The number of halogens is 3. The molecular formula is C10H10F3NO4. The minimum atomic E-state index is -4.87. The lowest BCUT2D eigenvalue weighted by molar-refractivity contribution is -0.275. The number of nitrogens with zero attached hydrogens (tertiary/aromatic N) is 1. The van der Waals surface area contributed by atoms with Crippen LogP contribution < -0.4 is 9.47 Å². The topological polar surface area (TPSA) is 57.7 Å². The van der Waals surface area contributed by atoms with E-state index in [1.54, 1.807) is 0 Å². The first kappa shape index (κ1) is 14.1. The molecule has 0 N–H and O–H groups in total. The van der Waals surface area contributed by atoms with Crippen LogP contribution in [0.25, 0.3) is 0 Å². The van der Waals surface area contributed by atoms with Crippen LogP contribution in [-0.2, 0) is 4.74 Å². The molecule has 8 heteroatoms. The summed E-state index contributed by atoms with van der Waals surface area (Å²) in [5.41, 5.74) is -0.110. The van der Waals surface area contributed by atoms with Crippen LogP contribution in [-0.4, -0.2) is 31.5 Å². The van der Waals surface area contributed by atoms with Gasteiger partial charge in [0.1, 0.15) is 0 Å². The molecule has 1 aromatic heterocycles. The SMILES string of the molecule is COC(=O)c1cc(C)c(OC(F)(F)F)c(OC)n1. The summed E-state index contributed by atoms with van der Waals surface area (Å²) in [4.78, 5) is 14.8. The zero-order valence-corrected chi connectivity index (χ0v) is 9.79. The quantitative estimate of drug-likeness (QED) is 0.783. The molecule has 1 rings (SSSR count). The predicted octanol–water partition coefficient (Wildman–Crippen LogP) is 2.08. The first-order valence-corrected chi connectivity index (χ1v) is 4.68. The van der Waals surface area contributed by atoms with Crippen LogP contribution in [0.3, 0.4) is 0 Å². The Morgan fingerprint density at radius 3 is 2.39 bits per heavy atom. The van der Waals surface area contributed by atoms with Gasteiger partial charge in [-0.15, -0.1) is 13.2 Å². The number of carbonyl (C=O) groups excluding carboxylic acids is 1. The Bertz CT molecular complexity index is 459. The lowest BCUT2D eigenvalue weighted by atomic mass is 10.2. The molecule has 0 aromatic carbocycles. The predicted molar refractivity (Wildman–Crippen MR) is 53.5 cm³/mol. The summed E-state index contributed by atoms with van der Waals surface area (Å²) in [7, 11) is 2.25. The number of alkyl halides is 3. The third kappa shape index (κ3) is 3.25. The third-order valence-electron chi connectivity index (χ3n) is 1.93. The van der Waals surface area contributed by atoms with Gasteiger partial charge in [0.25, 0.3) is 5.88 Å². The summed E-state index contributed by atoms with van der Waals surface area (Å²) < 4.78 is 49.4. The van der Waals surface area contributed by atoms with Crippen molar-refractivity contribution in [1.29, 1.82) is 0 Å². The Balaban J connectivity index is 3.24. The van der Waals surface area contributed by atoms with Crippen LogP contribution in [0, 0.1) is 6.92 Å². The van der Waals surface area contributed by atoms with E-state index in [-0.39, 0.29) is 11.3 Å². The molecule has 5 nitrogen and oxygen atoms in total. The number of ether oxygens (including phenoxy) is 3. The molecule has 100 valence electrons. The highest BCUT2D eigenvalue weighted by Gasteiger charge is 2.34. The molecule has 0 saturated carbocycles. The molecule has 0 amide bonds. The van der Waals surface area contributed by atoms with Gasteiger partial charge < -0.3 is 14.2 Å². The standard InChI is InChI=1S/C10H10F3NO4/c1-5-4-6(9(15)17-3)14-8(16-2)7(5)18-10(11,12)13/h4H,1-3H3. The number of hydrogen-bond donors (Lipinski definition) is 0. The van der Waals surface area contributed by atoms with Crippen molar-refractivity contribution in [3.63, 3.8) is 0 Å². The van der Waals surface area contributed by atoms with Crippen molar-refractivity contribution in [2.24, 2.45) is 0 Å². The molecule has 18 heavy (non-hydrogen) atoms. The van der Waals surface area contributed by atoms with Crippen molar-refractivity contribution >= 4 is 5.97 Å². The number of rotatable bonds is 3. The lowest BCUT2D eigenvalue weighted by Crippen LogP contribution is -2.19. The molecule has 0 bridgehead atoms. The van der Waals surface area contributed by atoms with Crippen LogP contribution in [0.15, 0.2) is 6.07 Å². The summed E-state index contributed by atoms with van der Waals surface area (Å²) in [5.74, 6) is -1.81. The van der Waals surface area contributed by atoms with Gasteiger partial charge in [0.05, 0.1) is 14.2 Å². The Labute approximate surface area is 100 Å². The van der Waals surface area contributed by atoms with Crippen LogP contribution in [0.2, 0.25) is 0 Å². The van der Waals surface area contributed by atoms with E-state index < -0.39 is 24.0 Å². The van der Waals surface area contributed by atoms with E-state index in [0.29, 0.717) is 0 Å². The Morgan fingerprint density at radius 2 is 1.94 bits per heavy atom. The third-order valence-corrected chi connectivity index (χ3v) is 1.93. The van der Waals surface area contributed by atoms with Gasteiger partial charge in [-0.25, -0.2) is 9.78 Å². The number of hydrogen-bond acceptors (Lipinski definition) is 5. The number of pyridine rings is 1. The Morgan fingerprint density at radius 1 is 1.33 bits per heavy atom. The van der Waals surface area contributed by atoms with Crippen LogP contribution in [0.1, 0.15) is 16.1 Å². The molecule has 0 spiro atoms. The molecule has 1 heterocycles. The summed E-state index contributed by atoms with van der Waals surface area (Å²) in [6.07, 6.45) is -4.87. The fourth-order valence-corrected chi connectivity index (χ4v) is 1.22. The van der Waals surface area contributed by atoms with Crippen molar-refractivity contribution in [3.8, 4) is 11.6 Å². The van der Waals surface area contributed by atoms with Gasteiger partial charge in [-0.1, -0.05) is 0 Å². The van der Waals surface area contributed by atoms with Gasteiger partial charge in [0.15, 0.2) is 11.4 Å². The number of esters is 1. The second-order valence-electron chi connectivity index (χ2n) is 3.20. The summed E-state index contributed by atoms with van der Waals surface area (Å²) in [5, 5.41) is 0. The number of carbonyl (C=O) groups is 1. The zero-order valence-electron chi connectivity index (χ0n) is 9.79. The molecule has 0 aliphatic heterocycles. The van der Waals surface area contributed by atoms with E-state index >= 15 is 0 Å². The largest absolute Gasteiger partial charge is 0.573 e. The summed E-state index contributed by atoms with van der Waals surface area (Å²) in [6.45, 7) is 1.33. The zero-order chi connectivity index (χ0) is 13.9. The van der Waals surface area contributed by atoms with E-state index in [0.717, 1.165) is 20.3 Å². The average molecular weight is 265 g/mol. The average Bonchev–Trinajstić information content (AvgIpc) is 2.28. The normalized spacial score (nSPS) is 11.0. The molecule has 0 saturated heterocycles. The van der Waals surface area contributed by atoms with Crippen molar-refractivity contribution in [3.05, 3.63) is 17.3 Å². The van der Waals surface area contributed by atoms with E-state index in [1.807, 2.05) is 0 Å². The van der Waals surface area contributed by atoms with Crippen molar-refractivity contribution in [2.45, 2.75) is 13.3 Å². The lowest BCUT2D eigenvalue weighted by Gasteiger charge is -2.14. The van der Waals surface area contributed by atoms with Gasteiger partial charge in [-0.2, -0.15) is 0 Å². The molecule has 0 aliphatic rings. The number of aryl methyl sites for hydroxylation is 1. The maximum Gasteiger partial charge on any atom is 0.573 e. The molecule has 0 atom stereocenters. The molecule has 0 radical (unpaired) electrons. The van der Waals surface area contributed by atoms with Crippen molar-refractivity contribution < 1.29 is 32.2 Å². The Kier molecular flexibility index (Phi) is 4.00. The maximum absolute atomic E-state index is 12.2. The highest BCUT2D eigenvalue weighted by molar-refractivity contribution is 5.87. The van der Waals surface area contributed by atoms with Gasteiger partial charge in [-0.3, -0.25) is 0 Å². The summed E-state index contributed by atoms with van der Waals surface area (Å²) >= 11 is 0. The first-order valence-electron chi connectivity index (χ1n) is 4.68. The van der Waals surface area contributed by atoms with E-state index in [4.69, 9.17) is 0 Å². The Hall–Kier alpha value is -1.99. The van der Waals surface area contributed by atoms with E-state index in [1.165, 1.54) is 6.92 Å². The fourth-order valence-electron chi connectivity index (χ4n) is 1.22. The number of aromatic nitrogens is 1. The minimum Gasteiger partial charge on any atom is -0.478 e. The second kappa shape index (κ2) is 5.11. The minimum absolute atomic E-state index is 0.0552.